The van der Waals surface area contributed by atoms with Gasteiger partial charge in [0.05, 0.1) is 6.61 Å². The van der Waals surface area contributed by atoms with E-state index in [2.05, 4.69) is 42.4 Å². The molecule has 1 atom stereocenters. The number of nitrogens with zero attached hydrogens (tertiary/aromatic N) is 1. The van der Waals surface area contributed by atoms with E-state index in [-0.39, 0.29) is 5.41 Å². The average molecular weight is 253 g/mol. The molecule has 96 valence electrons. The number of aliphatic imine (C=N–C) groups is 1. The van der Waals surface area contributed by atoms with Gasteiger partial charge in [0.1, 0.15) is 0 Å². The van der Waals surface area contributed by atoms with Crippen molar-refractivity contribution in [1.82, 2.24) is 0 Å². The van der Waals surface area contributed by atoms with Crippen LogP contribution in [0.1, 0.15) is 26.2 Å². The molecular formula is C14H23NOS. The molecule has 0 radical (unpaired) electrons. The van der Waals surface area contributed by atoms with E-state index in [1.54, 1.807) is 0 Å². The number of aliphatic hydroxyl groups excluding tert-OH is 1. The summed E-state index contributed by atoms with van der Waals surface area (Å²) < 4.78 is 0. The molecule has 17 heavy (non-hydrogen) atoms. The number of thioether (sulfide) groups is 1. The van der Waals surface area contributed by atoms with Gasteiger partial charge in [-0.05, 0) is 25.0 Å². The summed E-state index contributed by atoms with van der Waals surface area (Å²) >= 11 is 1.82. The van der Waals surface area contributed by atoms with Crippen LogP contribution in [-0.2, 0) is 0 Å². The van der Waals surface area contributed by atoms with Crippen LogP contribution in [-0.4, -0.2) is 36.0 Å². The first-order chi connectivity index (χ1) is 8.27. The van der Waals surface area contributed by atoms with Crippen molar-refractivity contribution in [2.24, 2.45) is 10.4 Å². The standard InChI is InChI=1S/C14H23NOS/c1-14(7-3-2-4-8-14)13-15-9-5-6-11-17-12-10-16/h2-4,7,13,16H,5-6,8-12H2,1H3. The summed E-state index contributed by atoms with van der Waals surface area (Å²) in [6.07, 6.45) is 14.1. The van der Waals surface area contributed by atoms with Gasteiger partial charge in [-0.15, -0.1) is 0 Å². The van der Waals surface area contributed by atoms with Crippen molar-refractivity contribution in [2.75, 3.05) is 24.7 Å². The molecule has 1 N–H and O–H groups in total. The minimum atomic E-state index is 0.125. The average Bonchev–Trinajstić information content (AvgIpc) is 2.33. The molecule has 0 spiro atoms. The fraction of sp³-hybridized carbons (Fsp3) is 0.643. The zero-order valence-electron chi connectivity index (χ0n) is 10.6. The molecule has 0 bridgehead atoms. The topological polar surface area (TPSA) is 32.6 Å². The Labute approximate surface area is 109 Å². The number of rotatable bonds is 8. The van der Waals surface area contributed by atoms with Crippen molar-refractivity contribution in [1.29, 1.82) is 0 Å². The van der Waals surface area contributed by atoms with Gasteiger partial charge in [-0.3, -0.25) is 4.99 Å². The quantitative estimate of drug-likeness (QED) is 0.532. The lowest BCUT2D eigenvalue weighted by Crippen LogP contribution is -2.15. The van der Waals surface area contributed by atoms with E-state index >= 15 is 0 Å². The van der Waals surface area contributed by atoms with Crippen molar-refractivity contribution in [3.05, 3.63) is 24.3 Å². The molecule has 0 aliphatic heterocycles. The summed E-state index contributed by atoms with van der Waals surface area (Å²) in [6, 6.07) is 0. The Balaban J connectivity index is 2.06. The van der Waals surface area contributed by atoms with Crippen molar-refractivity contribution in [3.8, 4) is 0 Å². The molecule has 0 aromatic carbocycles. The van der Waals surface area contributed by atoms with Crippen LogP contribution in [0.5, 0.6) is 0 Å². The van der Waals surface area contributed by atoms with E-state index in [1.807, 2.05) is 11.8 Å². The normalized spacial score (nSPS) is 23.6. The van der Waals surface area contributed by atoms with Gasteiger partial charge in [0.15, 0.2) is 0 Å². The first-order valence-corrected chi connectivity index (χ1v) is 7.46. The zero-order chi connectivity index (χ0) is 12.4. The highest BCUT2D eigenvalue weighted by Gasteiger charge is 2.17. The van der Waals surface area contributed by atoms with Crippen molar-refractivity contribution < 1.29 is 5.11 Å². The summed E-state index contributed by atoms with van der Waals surface area (Å²) in [5, 5.41) is 8.62. The van der Waals surface area contributed by atoms with E-state index in [0.717, 1.165) is 30.9 Å². The zero-order valence-corrected chi connectivity index (χ0v) is 11.5. The molecule has 1 rings (SSSR count). The summed E-state index contributed by atoms with van der Waals surface area (Å²) in [4.78, 5) is 4.52. The van der Waals surface area contributed by atoms with Gasteiger partial charge in [-0.1, -0.05) is 31.2 Å². The third-order valence-corrected chi connectivity index (χ3v) is 3.78. The molecule has 1 aliphatic rings. The second-order valence-electron chi connectivity index (χ2n) is 4.58. The molecule has 0 saturated heterocycles. The third-order valence-electron chi connectivity index (χ3n) is 2.73. The molecule has 3 heteroatoms. The van der Waals surface area contributed by atoms with E-state index < -0.39 is 0 Å². The Kier molecular flexibility index (Phi) is 7.29. The van der Waals surface area contributed by atoms with E-state index in [1.165, 1.54) is 6.42 Å². The number of hydrogen-bond acceptors (Lipinski definition) is 3. The number of aliphatic hydroxyl groups is 1. The highest BCUT2D eigenvalue weighted by molar-refractivity contribution is 7.99. The molecule has 0 amide bonds. The largest absolute Gasteiger partial charge is 0.396 e. The second kappa shape index (κ2) is 8.54. The Morgan fingerprint density at radius 1 is 1.35 bits per heavy atom. The maximum absolute atomic E-state index is 8.62. The van der Waals surface area contributed by atoms with Crippen LogP contribution in [0, 0.1) is 5.41 Å². The maximum Gasteiger partial charge on any atom is 0.0521 e. The monoisotopic (exact) mass is 253 g/mol. The summed E-state index contributed by atoms with van der Waals surface area (Å²) in [6.45, 7) is 3.43. The predicted octanol–water partition coefficient (Wildman–Crippen LogP) is 3.09. The molecule has 0 heterocycles. The highest BCUT2D eigenvalue weighted by atomic mass is 32.2. The lowest BCUT2D eigenvalue weighted by atomic mass is 9.85. The van der Waals surface area contributed by atoms with Crippen LogP contribution >= 0.6 is 11.8 Å². The first-order valence-electron chi connectivity index (χ1n) is 6.31. The predicted molar refractivity (Wildman–Crippen MR) is 78.0 cm³/mol. The molecule has 1 unspecified atom stereocenters. The van der Waals surface area contributed by atoms with Gasteiger partial charge in [-0.25, -0.2) is 0 Å². The van der Waals surface area contributed by atoms with E-state index in [9.17, 15) is 0 Å². The minimum absolute atomic E-state index is 0.125. The van der Waals surface area contributed by atoms with Gasteiger partial charge in [-0.2, -0.15) is 11.8 Å². The van der Waals surface area contributed by atoms with Crippen LogP contribution in [0.3, 0.4) is 0 Å². The van der Waals surface area contributed by atoms with Gasteiger partial charge >= 0.3 is 0 Å². The lowest BCUT2D eigenvalue weighted by molar-refractivity contribution is 0.322. The molecule has 0 aromatic heterocycles. The number of hydrogen-bond donors (Lipinski definition) is 1. The van der Waals surface area contributed by atoms with Crippen LogP contribution in [0.4, 0.5) is 0 Å². The van der Waals surface area contributed by atoms with Crippen LogP contribution in [0.25, 0.3) is 0 Å². The van der Waals surface area contributed by atoms with Gasteiger partial charge < -0.3 is 5.11 Å². The molecular weight excluding hydrogens is 230 g/mol. The Hall–Kier alpha value is -0.540. The lowest BCUT2D eigenvalue weighted by Gasteiger charge is -2.20. The molecule has 0 saturated carbocycles. The Morgan fingerprint density at radius 2 is 2.24 bits per heavy atom. The molecule has 0 fully saturated rings. The molecule has 2 nitrogen and oxygen atoms in total. The Morgan fingerprint density at radius 3 is 2.94 bits per heavy atom. The number of allylic oxidation sites excluding steroid dienone is 4. The van der Waals surface area contributed by atoms with Crippen molar-refractivity contribution >= 4 is 18.0 Å². The van der Waals surface area contributed by atoms with Crippen molar-refractivity contribution in [3.63, 3.8) is 0 Å². The van der Waals surface area contributed by atoms with Gasteiger partial charge in [0, 0.05) is 23.9 Å². The van der Waals surface area contributed by atoms with E-state index in [4.69, 9.17) is 5.11 Å². The fourth-order valence-corrected chi connectivity index (χ4v) is 2.43. The van der Waals surface area contributed by atoms with Crippen LogP contribution in [0.15, 0.2) is 29.3 Å². The van der Waals surface area contributed by atoms with Gasteiger partial charge in [0.2, 0.25) is 0 Å². The third kappa shape index (κ3) is 6.69. The summed E-state index contributed by atoms with van der Waals surface area (Å²) in [5.74, 6) is 1.99. The minimum Gasteiger partial charge on any atom is -0.396 e. The second-order valence-corrected chi connectivity index (χ2v) is 5.80. The smallest absolute Gasteiger partial charge is 0.0521 e. The summed E-state index contributed by atoms with van der Waals surface area (Å²) in [5.41, 5.74) is 0.125. The molecule has 1 aliphatic carbocycles. The fourth-order valence-electron chi connectivity index (χ4n) is 1.69. The maximum atomic E-state index is 8.62. The van der Waals surface area contributed by atoms with Crippen LogP contribution in [0.2, 0.25) is 0 Å². The van der Waals surface area contributed by atoms with E-state index in [0.29, 0.717) is 6.61 Å². The SMILES string of the molecule is CC1(C=NCCCCSCCO)C=CC=CC1. The molecule has 0 aromatic rings. The Bertz CT molecular complexity index is 286. The van der Waals surface area contributed by atoms with Gasteiger partial charge in [0.25, 0.3) is 0 Å². The van der Waals surface area contributed by atoms with Crippen molar-refractivity contribution in [2.45, 2.75) is 26.2 Å². The first kappa shape index (κ1) is 14.5. The summed E-state index contributed by atoms with van der Waals surface area (Å²) in [7, 11) is 0. The highest BCUT2D eigenvalue weighted by Crippen LogP contribution is 2.24. The number of unbranched alkanes of at least 4 members (excludes halogenated alkanes) is 1. The van der Waals surface area contributed by atoms with Crippen LogP contribution < -0.4 is 0 Å².